The number of allylic oxidation sites excluding steroid dienone is 1. The molecule has 3 rings (SSSR count). The summed E-state index contributed by atoms with van der Waals surface area (Å²) < 4.78 is 16.4. The summed E-state index contributed by atoms with van der Waals surface area (Å²) in [7, 11) is 3.27. The van der Waals surface area contributed by atoms with Crippen molar-refractivity contribution in [1.82, 2.24) is 15.1 Å². The predicted molar refractivity (Wildman–Crippen MR) is 150 cm³/mol. The fourth-order valence-corrected chi connectivity index (χ4v) is 5.15. The fourth-order valence-electron chi connectivity index (χ4n) is 5.15. The van der Waals surface area contributed by atoms with Crippen molar-refractivity contribution < 1.29 is 23.8 Å². The monoisotopic (exact) mass is 529 g/mol. The highest BCUT2D eigenvalue weighted by Gasteiger charge is 2.34. The third kappa shape index (κ3) is 8.46. The molecule has 1 aromatic carbocycles. The molecule has 1 saturated carbocycles. The summed E-state index contributed by atoms with van der Waals surface area (Å²) >= 11 is 0. The van der Waals surface area contributed by atoms with Crippen molar-refractivity contribution in [3.05, 3.63) is 35.4 Å². The molecule has 212 valence electrons. The van der Waals surface area contributed by atoms with Crippen LogP contribution < -0.4 is 14.8 Å². The Hall–Kier alpha value is -2.58. The first kappa shape index (κ1) is 30.0. The predicted octanol–water partition coefficient (Wildman–Crippen LogP) is 4.43. The molecular formula is C30H47N3O5. The van der Waals surface area contributed by atoms with E-state index in [9.17, 15) is 9.59 Å². The highest BCUT2D eigenvalue weighted by Crippen LogP contribution is 2.31. The lowest BCUT2D eigenvalue weighted by atomic mass is 9.95. The number of carbonyl (C=O) groups is 2. The van der Waals surface area contributed by atoms with Crippen LogP contribution in [-0.4, -0.2) is 86.3 Å². The van der Waals surface area contributed by atoms with E-state index in [1.165, 1.54) is 0 Å². The molecule has 2 atom stereocenters. The smallest absolute Gasteiger partial charge is 0.254 e. The number of piperidine rings is 1. The zero-order valence-electron chi connectivity index (χ0n) is 24.1. The Labute approximate surface area is 228 Å². The Bertz CT molecular complexity index is 947. The Kier molecular flexibility index (Phi) is 11.5. The molecule has 0 bridgehead atoms. The van der Waals surface area contributed by atoms with E-state index in [-0.39, 0.29) is 23.9 Å². The average Bonchev–Trinajstić information content (AvgIpc) is 3.72. The number of amides is 2. The van der Waals surface area contributed by atoms with Gasteiger partial charge in [-0.2, -0.15) is 0 Å². The van der Waals surface area contributed by atoms with Gasteiger partial charge in [-0.25, -0.2) is 0 Å². The molecular weight excluding hydrogens is 482 g/mol. The molecule has 0 unspecified atom stereocenters. The van der Waals surface area contributed by atoms with Crippen LogP contribution in [0.4, 0.5) is 0 Å². The number of nitrogens with zero attached hydrogens (tertiary/aromatic N) is 2. The van der Waals surface area contributed by atoms with E-state index in [0.717, 1.165) is 57.2 Å². The normalized spacial score (nSPS) is 19.1. The highest BCUT2D eigenvalue weighted by molar-refractivity contribution is 5.95. The zero-order valence-corrected chi connectivity index (χ0v) is 24.1. The van der Waals surface area contributed by atoms with E-state index in [1.807, 2.05) is 29.7 Å². The summed E-state index contributed by atoms with van der Waals surface area (Å²) in [6.07, 6.45) is 7.58. The van der Waals surface area contributed by atoms with Gasteiger partial charge in [0.15, 0.2) is 11.5 Å². The van der Waals surface area contributed by atoms with Gasteiger partial charge < -0.3 is 29.3 Å². The van der Waals surface area contributed by atoms with Gasteiger partial charge in [0.1, 0.15) is 0 Å². The second kappa shape index (κ2) is 14.5. The number of methoxy groups -OCH3 is 2. The molecule has 1 aliphatic heterocycles. The van der Waals surface area contributed by atoms with Crippen molar-refractivity contribution in [2.75, 3.05) is 40.5 Å². The molecule has 1 heterocycles. The summed E-state index contributed by atoms with van der Waals surface area (Å²) in [5, 5.41) is 3.67. The summed E-state index contributed by atoms with van der Waals surface area (Å²) in [4.78, 5) is 30.4. The van der Waals surface area contributed by atoms with Gasteiger partial charge in [0.05, 0.1) is 13.7 Å². The van der Waals surface area contributed by atoms with Crippen LogP contribution in [0.2, 0.25) is 0 Å². The Morgan fingerprint density at radius 3 is 2.37 bits per heavy atom. The quantitative estimate of drug-likeness (QED) is 0.284. The van der Waals surface area contributed by atoms with Crippen LogP contribution in [0.3, 0.4) is 0 Å². The molecule has 1 N–H and O–H groups in total. The molecule has 8 nitrogen and oxygen atoms in total. The van der Waals surface area contributed by atoms with E-state index in [4.69, 9.17) is 14.2 Å². The lowest BCUT2D eigenvalue weighted by Gasteiger charge is -2.40. The Morgan fingerprint density at radius 1 is 1.05 bits per heavy atom. The van der Waals surface area contributed by atoms with Crippen LogP contribution in [0.15, 0.2) is 29.8 Å². The zero-order chi connectivity index (χ0) is 27.7. The first-order valence-corrected chi connectivity index (χ1v) is 14.1. The molecule has 2 fully saturated rings. The van der Waals surface area contributed by atoms with Crippen molar-refractivity contribution in [2.24, 2.45) is 0 Å². The maximum Gasteiger partial charge on any atom is 0.254 e. The van der Waals surface area contributed by atoms with E-state index < -0.39 is 0 Å². The van der Waals surface area contributed by atoms with Gasteiger partial charge in [-0.1, -0.05) is 5.57 Å². The second-order valence-electron chi connectivity index (χ2n) is 11.0. The van der Waals surface area contributed by atoms with Crippen LogP contribution in [0.25, 0.3) is 0 Å². The van der Waals surface area contributed by atoms with Gasteiger partial charge in [-0.3, -0.25) is 9.59 Å². The van der Waals surface area contributed by atoms with Crippen LogP contribution in [0, 0.1) is 0 Å². The molecule has 0 aromatic heterocycles. The molecule has 0 spiro atoms. The lowest BCUT2D eigenvalue weighted by Crippen LogP contribution is -2.54. The third-order valence-corrected chi connectivity index (χ3v) is 7.24. The number of rotatable bonds is 14. The summed E-state index contributed by atoms with van der Waals surface area (Å²) in [5.41, 5.74) is 1.64. The minimum Gasteiger partial charge on any atom is -0.493 e. The van der Waals surface area contributed by atoms with E-state index in [1.54, 1.807) is 32.4 Å². The third-order valence-electron chi connectivity index (χ3n) is 7.24. The van der Waals surface area contributed by atoms with Gasteiger partial charge in [0, 0.05) is 69.0 Å². The van der Waals surface area contributed by atoms with E-state index in [0.29, 0.717) is 42.4 Å². The van der Waals surface area contributed by atoms with Crippen molar-refractivity contribution in [2.45, 2.75) is 90.4 Å². The van der Waals surface area contributed by atoms with Crippen LogP contribution in [0.1, 0.15) is 76.6 Å². The van der Waals surface area contributed by atoms with Crippen molar-refractivity contribution in [3.8, 4) is 11.5 Å². The van der Waals surface area contributed by atoms with Crippen LogP contribution >= 0.6 is 0 Å². The number of carbonyl (C=O) groups excluding carboxylic acids is 2. The lowest BCUT2D eigenvalue weighted by molar-refractivity contribution is -0.126. The van der Waals surface area contributed by atoms with Gasteiger partial charge in [0.25, 0.3) is 5.91 Å². The molecule has 0 radical (unpaired) electrons. The molecule has 1 aromatic rings. The maximum atomic E-state index is 13.7. The molecule has 1 saturated heterocycles. The minimum absolute atomic E-state index is 0.00173. The molecule has 8 heteroatoms. The molecule has 1 aliphatic carbocycles. The van der Waals surface area contributed by atoms with Gasteiger partial charge in [0.2, 0.25) is 5.91 Å². The summed E-state index contributed by atoms with van der Waals surface area (Å²) in [6, 6.07) is 6.33. The van der Waals surface area contributed by atoms with Crippen molar-refractivity contribution >= 4 is 11.8 Å². The first-order valence-electron chi connectivity index (χ1n) is 14.1. The number of ether oxygens (including phenoxy) is 3. The van der Waals surface area contributed by atoms with Crippen molar-refractivity contribution in [3.63, 3.8) is 0 Å². The van der Waals surface area contributed by atoms with Gasteiger partial charge >= 0.3 is 0 Å². The maximum absolute atomic E-state index is 13.7. The summed E-state index contributed by atoms with van der Waals surface area (Å²) in [5.74, 6) is 1.32. The van der Waals surface area contributed by atoms with E-state index >= 15 is 0 Å². The number of nitrogens with one attached hydrogen (secondary N) is 1. The Morgan fingerprint density at radius 2 is 1.79 bits per heavy atom. The molecule has 2 aliphatic rings. The topological polar surface area (TPSA) is 80.3 Å². The molecule has 38 heavy (non-hydrogen) atoms. The number of hydrogen-bond donors (Lipinski definition) is 1. The number of benzene rings is 1. The van der Waals surface area contributed by atoms with Gasteiger partial charge in [-0.15, -0.1) is 0 Å². The highest BCUT2D eigenvalue weighted by atomic mass is 16.5. The van der Waals surface area contributed by atoms with Crippen molar-refractivity contribution in [1.29, 1.82) is 0 Å². The van der Waals surface area contributed by atoms with E-state index in [2.05, 4.69) is 19.2 Å². The average molecular weight is 530 g/mol. The Balaban J connectivity index is 1.59. The molecule has 2 amide bonds. The van der Waals surface area contributed by atoms with Crippen LogP contribution in [0.5, 0.6) is 11.5 Å². The second-order valence-corrected chi connectivity index (χ2v) is 11.0. The SMILES string of the molecule is COCCCOc1cc(C(=O)N(C(C)C)[C@@H]2CC[C@H](CCN(C(=O)C=C(C)C)C3CC3)NC2)ccc1OC. The largest absolute Gasteiger partial charge is 0.493 e. The first-order chi connectivity index (χ1) is 18.2. The summed E-state index contributed by atoms with van der Waals surface area (Å²) in [6.45, 7) is 10.7. The fraction of sp³-hybridized carbons (Fsp3) is 0.667. The van der Waals surface area contributed by atoms with Gasteiger partial charge in [-0.05, 0) is 78.0 Å². The van der Waals surface area contributed by atoms with Crippen LogP contribution in [-0.2, 0) is 9.53 Å². The standard InChI is InChI=1S/C30H47N3O5/c1-21(2)18-29(34)32(25-11-12-25)15-14-24-9-10-26(20-31-24)33(22(3)4)30(35)23-8-13-27(37-6)28(19-23)38-17-7-16-36-5/h8,13,18-19,22,24-26,31H,7,9-12,14-17,20H2,1-6H3/t24-,26-/m1/s1. The number of hydrogen-bond acceptors (Lipinski definition) is 6. The minimum atomic E-state index is 0.00173.